The van der Waals surface area contributed by atoms with Gasteiger partial charge in [0.2, 0.25) is 0 Å². The topological polar surface area (TPSA) is 67.4 Å². The van der Waals surface area contributed by atoms with Crippen LogP contribution in [-0.4, -0.2) is 41.4 Å². The number of nitrogens with one attached hydrogen (secondary N) is 2. The fourth-order valence-electron chi connectivity index (χ4n) is 2.42. The molecule has 2 rings (SSSR count). The van der Waals surface area contributed by atoms with Gasteiger partial charge in [-0.05, 0) is 30.5 Å². The van der Waals surface area contributed by atoms with E-state index in [-0.39, 0.29) is 18.2 Å². The predicted molar refractivity (Wildman–Crippen MR) is 88.6 cm³/mol. The summed E-state index contributed by atoms with van der Waals surface area (Å²) in [5, 5.41) is 6.41. The van der Waals surface area contributed by atoms with Crippen LogP contribution < -0.4 is 10.6 Å². The van der Waals surface area contributed by atoms with E-state index in [1.165, 1.54) is 0 Å². The van der Waals surface area contributed by atoms with Gasteiger partial charge in [-0.2, -0.15) is 0 Å². The number of carbonyl (C=O) groups excluding carboxylic acids is 1. The summed E-state index contributed by atoms with van der Waals surface area (Å²) in [6, 6.07) is 7.21. The highest BCUT2D eigenvalue weighted by atomic mass is 35.5. The highest BCUT2D eigenvalue weighted by Crippen LogP contribution is 2.29. The van der Waals surface area contributed by atoms with Crippen LogP contribution in [0.3, 0.4) is 0 Å². The Balaban J connectivity index is 1.82. The molecule has 1 aromatic rings. The summed E-state index contributed by atoms with van der Waals surface area (Å²) in [6.07, 6.45) is 3.00. The maximum absolute atomic E-state index is 11.9. The van der Waals surface area contributed by atoms with E-state index in [1.54, 1.807) is 6.26 Å². The van der Waals surface area contributed by atoms with Gasteiger partial charge in [0.15, 0.2) is 0 Å². The average molecular weight is 345 g/mol. The molecule has 3 atom stereocenters. The van der Waals surface area contributed by atoms with Crippen molar-refractivity contribution in [1.29, 1.82) is 0 Å². The zero-order chi connectivity index (χ0) is 15.9. The van der Waals surface area contributed by atoms with Gasteiger partial charge in [0.05, 0.1) is 6.04 Å². The van der Waals surface area contributed by atoms with Crippen LogP contribution in [0, 0.1) is 0 Å². The largest absolute Gasteiger partial charge is 0.371 e. The van der Waals surface area contributed by atoms with E-state index in [4.69, 9.17) is 16.3 Å². The number of ether oxygens (including phenoxy) is 1. The predicted octanol–water partition coefficient (Wildman–Crippen LogP) is 2.24. The minimum absolute atomic E-state index is 0.0542. The molecular weight excluding hydrogens is 324 g/mol. The standard InChI is InChI=1S/C15H21ClN2O3S/c1-22(20)10-2-8-17-15(19)18-13-7-9-21-14(13)11-3-5-12(16)6-4-11/h3-6,13-14H,2,7-10H2,1H3,(H2,17,18,19)/t13-,14-,22-/m0/s1. The second kappa shape index (κ2) is 8.50. The van der Waals surface area contributed by atoms with Crippen LogP contribution in [0.5, 0.6) is 0 Å². The molecule has 5 nitrogen and oxygen atoms in total. The maximum atomic E-state index is 11.9. The molecule has 1 aliphatic heterocycles. The van der Waals surface area contributed by atoms with E-state index >= 15 is 0 Å². The van der Waals surface area contributed by atoms with E-state index in [9.17, 15) is 9.00 Å². The normalized spacial score (nSPS) is 22.3. The lowest BCUT2D eigenvalue weighted by Gasteiger charge is -2.20. The molecule has 1 saturated heterocycles. The smallest absolute Gasteiger partial charge is 0.315 e. The Bertz CT molecular complexity index is 524. The summed E-state index contributed by atoms with van der Waals surface area (Å²) in [6.45, 7) is 1.14. The first-order chi connectivity index (χ1) is 10.6. The summed E-state index contributed by atoms with van der Waals surface area (Å²) in [7, 11) is -0.819. The third kappa shape index (κ3) is 5.26. The van der Waals surface area contributed by atoms with Gasteiger partial charge in [0, 0.05) is 41.0 Å². The van der Waals surface area contributed by atoms with Crippen LogP contribution in [0.25, 0.3) is 0 Å². The molecule has 0 saturated carbocycles. The summed E-state index contributed by atoms with van der Waals surface area (Å²) >= 11 is 5.89. The molecule has 1 aromatic carbocycles. The monoisotopic (exact) mass is 344 g/mol. The van der Waals surface area contributed by atoms with Crippen molar-refractivity contribution in [3.8, 4) is 0 Å². The SMILES string of the molecule is C[S@](=O)CCCNC(=O)N[C@H]1CCO[C@H]1c1ccc(Cl)cc1. The third-order valence-electron chi connectivity index (χ3n) is 3.50. The molecule has 22 heavy (non-hydrogen) atoms. The lowest BCUT2D eigenvalue weighted by Crippen LogP contribution is -2.43. The van der Waals surface area contributed by atoms with E-state index in [0.29, 0.717) is 30.3 Å². The zero-order valence-corrected chi connectivity index (χ0v) is 14.1. The van der Waals surface area contributed by atoms with Crippen molar-refractivity contribution in [3.05, 3.63) is 34.9 Å². The van der Waals surface area contributed by atoms with Crippen molar-refractivity contribution in [3.63, 3.8) is 0 Å². The van der Waals surface area contributed by atoms with Crippen LogP contribution >= 0.6 is 11.6 Å². The molecule has 0 unspecified atom stereocenters. The minimum atomic E-state index is -0.819. The van der Waals surface area contributed by atoms with E-state index < -0.39 is 10.8 Å². The molecule has 0 bridgehead atoms. The molecule has 122 valence electrons. The van der Waals surface area contributed by atoms with Gasteiger partial charge in [-0.15, -0.1) is 0 Å². The van der Waals surface area contributed by atoms with Crippen LogP contribution in [0.4, 0.5) is 4.79 Å². The maximum Gasteiger partial charge on any atom is 0.315 e. The molecule has 7 heteroatoms. The summed E-state index contributed by atoms with van der Waals surface area (Å²) < 4.78 is 16.7. The van der Waals surface area contributed by atoms with Gasteiger partial charge in [-0.3, -0.25) is 4.21 Å². The van der Waals surface area contributed by atoms with Crippen molar-refractivity contribution >= 4 is 28.4 Å². The fraction of sp³-hybridized carbons (Fsp3) is 0.533. The van der Waals surface area contributed by atoms with E-state index in [1.807, 2.05) is 24.3 Å². The highest BCUT2D eigenvalue weighted by molar-refractivity contribution is 7.84. The molecule has 2 amide bonds. The number of carbonyl (C=O) groups is 1. The van der Waals surface area contributed by atoms with Crippen LogP contribution in [-0.2, 0) is 15.5 Å². The summed E-state index contributed by atoms with van der Waals surface area (Å²) in [4.78, 5) is 11.9. The lowest BCUT2D eigenvalue weighted by molar-refractivity contribution is 0.0999. The van der Waals surface area contributed by atoms with Gasteiger partial charge in [0.25, 0.3) is 0 Å². The lowest BCUT2D eigenvalue weighted by atomic mass is 10.0. The average Bonchev–Trinajstić information content (AvgIpc) is 2.92. The number of amides is 2. The molecule has 0 spiro atoms. The highest BCUT2D eigenvalue weighted by Gasteiger charge is 2.30. The number of halogens is 1. The molecule has 0 aliphatic carbocycles. The Hall–Kier alpha value is -1.11. The molecular formula is C15H21ClN2O3S. The number of hydrogen-bond donors (Lipinski definition) is 2. The van der Waals surface area contributed by atoms with E-state index in [2.05, 4.69) is 10.6 Å². The molecule has 1 heterocycles. The number of hydrogen-bond acceptors (Lipinski definition) is 3. The van der Waals surface area contributed by atoms with Crippen molar-refractivity contribution in [2.45, 2.75) is 25.0 Å². The zero-order valence-electron chi connectivity index (χ0n) is 12.5. The molecule has 1 aliphatic rings. The van der Waals surface area contributed by atoms with Crippen molar-refractivity contribution in [1.82, 2.24) is 10.6 Å². The van der Waals surface area contributed by atoms with Gasteiger partial charge in [0.1, 0.15) is 6.10 Å². The van der Waals surface area contributed by atoms with Gasteiger partial charge < -0.3 is 15.4 Å². The fourth-order valence-corrected chi connectivity index (χ4v) is 3.09. The van der Waals surface area contributed by atoms with Gasteiger partial charge in [-0.1, -0.05) is 23.7 Å². The minimum Gasteiger partial charge on any atom is -0.371 e. The van der Waals surface area contributed by atoms with Gasteiger partial charge >= 0.3 is 6.03 Å². The second-order valence-corrected chi connectivity index (χ2v) is 7.26. The Labute approximate surface area is 138 Å². The Morgan fingerprint density at radius 1 is 1.41 bits per heavy atom. The molecule has 2 N–H and O–H groups in total. The number of urea groups is 1. The second-order valence-electron chi connectivity index (χ2n) is 5.27. The van der Waals surface area contributed by atoms with Crippen LogP contribution in [0.2, 0.25) is 5.02 Å². The van der Waals surface area contributed by atoms with E-state index in [0.717, 1.165) is 12.0 Å². The molecule has 0 radical (unpaired) electrons. The summed E-state index contributed by atoms with van der Waals surface area (Å²) in [5.41, 5.74) is 1.01. The first-order valence-electron chi connectivity index (χ1n) is 7.27. The number of rotatable bonds is 6. The van der Waals surface area contributed by atoms with Crippen LogP contribution in [0.15, 0.2) is 24.3 Å². The van der Waals surface area contributed by atoms with Crippen LogP contribution in [0.1, 0.15) is 24.5 Å². The van der Waals surface area contributed by atoms with Gasteiger partial charge in [-0.25, -0.2) is 4.79 Å². The first kappa shape index (κ1) is 17.2. The van der Waals surface area contributed by atoms with Crippen molar-refractivity contribution in [2.24, 2.45) is 0 Å². The number of benzene rings is 1. The molecule has 1 fully saturated rings. The van der Waals surface area contributed by atoms with Crippen molar-refractivity contribution in [2.75, 3.05) is 25.2 Å². The Morgan fingerprint density at radius 2 is 2.14 bits per heavy atom. The third-order valence-corrected chi connectivity index (χ3v) is 4.62. The molecule has 0 aromatic heterocycles. The van der Waals surface area contributed by atoms with Crippen molar-refractivity contribution < 1.29 is 13.7 Å². The Morgan fingerprint density at radius 3 is 2.82 bits per heavy atom. The summed E-state index contributed by atoms with van der Waals surface area (Å²) in [5.74, 6) is 0.597. The quantitative estimate of drug-likeness (QED) is 0.778. The Kier molecular flexibility index (Phi) is 6.67. The first-order valence-corrected chi connectivity index (χ1v) is 9.38.